The van der Waals surface area contributed by atoms with Gasteiger partial charge in [-0.2, -0.15) is 0 Å². The molecule has 1 aromatic carbocycles. The largest absolute Gasteiger partial charge is 0.303 e. The normalized spacial score (nSPS) is 14.9. The molecule has 0 aromatic heterocycles. The van der Waals surface area contributed by atoms with E-state index < -0.39 is 0 Å². The zero-order chi connectivity index (χ0) is 11.8. The molecule has 0 fully saturated rings. The average Bonchev–Trinajstić information content (AvgIpc) is 2.35. The highest BCUT2D eigenvalue weighted by Gasteiger charge is 2.14. The van der Waals surface area contributed by atoms with Crippen molar-refractivity contribution < 1.29 is 4.79 Å². The lowest BCUT2D eigenvalue weighted by Crippen LogP contribution is -2.06. The lowest BCUT2D eigenvalue weighted by molar-refractivity contribution is -0.107. The summed E-state index contributed by atoms with van der Waals surface area (Å²) < 4.78 is 0. The summed E-state index contributed by atoms with van der Waals surface area (Å²) in [7, 11) is 0. The van der Waals surface area contributed by atoms with Gasteiger partial charge in [0, 0.05) is 12.3 Å². The van der Waals surface area contributed by atoms with Crippen molar-refractivity contribution >= 4 is 6.29 Å². The van der Waals surface area contributed by atoms with Crippen LogP contribution in [0.3, 0.4) is 0 Å². The molecule has 16 heavy (non-hydrogen) atoms. The lowest BCUT2D eigenvalue weighted by atomic mass is 9.85. The highest BCUT2D eigenvalue weighted by molar-refractivity contribution is 5.52. The van der Waals surface area contributed by atoms with Gasteiger partial charge in [-0.05, 0) is 11.5 Å². The van der Waals surface area contributed by atoms with E-state index >= 15 is 0 Å². The summed E-state index contributed by atoms with van der Waals surface area (Å²) in [5.74, 6) is 1.02. The number of allylic oxidation sites excluding steroid dienone is 2. The Morgan fingerprint density at radius 3 is 2.50 bits per heavy atom. The van der Waals surface area contributed by atoms with E-state index in [1.54, 1.807) is 0 Å². The van der Waals surface area contributed by atoms with E-state index in [4.69, 9.17) is 0 Å². The predicted octanol–water partition coefficient (Wildman–Crippen LogP) is 3.96. The third kappa shape index (κ3) is 3.65. The van der Waals surface area contributed by atoms with Crippen molar-refractivity contribution in [1.82, 2.24) is 0 Å². The molecule has 1 rings (SSSR count). The molecule has 1 heteroatoms. The van der Waals surface area contributed by atoms with Gasteiger partial charge in [-0.25, -0.2) is 0 Å². The van der Waals surface area contributed by atoms with E-state index in [2.05, 4.69) is 44.2 Å². The SMILES string of the molecule is CCC(C)C(/C=C/CC=O)c1ccccc1. The molecule has 0 bridgehead atoms. The lowest BCUT2D eigenvalue weighted by Gasteiger charge is -2.20. The second-order valence-corrected chi connectivity index (χ2v) is 4.15. The number of rotatable bonds is 6. The average molecular weight is 216 g/mol. The van der Waals surface area contributed by atoms with E-state index in [1.807, 2.05) is 12.1 Å². The third-order valence-corrected chi connectivity index (χ3v) is 3.02. The summed E-state index contributed by atoms with van der Waals surface area (Å²) in [6.07, 6.45) is 6.73. The molecule has 0 aliphatic carbocycles. The van der Waals surface area contributed by atoms with Gasteiger partial charge in [0.05, 0.1) is 0 Å². The van der Waals surface area contributed by atoms with E-state index in [1.165, 1.54) is 5.56 Å². The summed E-state index contributed by atoms with van der Waals surface area (Å²) in [5, 5.41) is 0. The predicted molar refractivity (Wildman–Crippen MR) is 68.5 cm³/mol. The molecule has 0 amide bonds. The van der Waals surface area contributed by atoms with Crippen molar-refractivity contribution in [1.29, 1.82) is 0 Å². The maximum absolute atomic E-state index is 10.3. The zero-order valence-electron chi connectivity index (χ0n) is 10.1. The molecule has 0 aliphatic heterocycles. The topological polar surface area (TPSA) is 17.1 Å². The van der Waals surface area contributed by atoms with Crippen LogP contribution in [0.4, 0.5) is 0 Å². The summed E-state index contributed by atoms with van der Waals surface area (Å²) in [5.41, 5.74) is 1.33. The van der Waals surface area contributed by atoms with Gasteiger partial charge < -0.3 is 4.79 Å². The highest BCUT2D eigenvalue weighted by atomic mass is 16.1. The minimum absolute atomic E-state index is 0.422. The van der Waals surface area contributed by atoms with Crippen LogP contribution in [0.15, 0.2) is 42.5 Å². The summed E-state index contributed by atoms with van der Waals surface area (Å²) in [4.78, 5) is 10.3. The molecular formula is C15H20O. The smallest absolute Gasteiger partial charge is 0.123 e. The number of carbonyl (C=O) groups is 1. The minimum Gasteiger partial charge on any atom is -0.303 e. The van der Waals surface area contributed by atoms with Crippen molar-refractivity contribution in [2.45, 2.75) is 32.6 Å². The first-order chi connectivity index (χ1) is 7.79. The number of benzene rings is 1. The van der Waals surface area contributed by atoms with Crippen LogP contribution in [0, 0.1) is 5.92 Å². The van der Waals surface area contributed by atoms with Crippen LogP contribution >= 0.6 is 0 Å². The number of hydrogen-bond donors (Lipinski definition) is 0. The molecule has 0 saturated carbocycles. The number of hydrogen-bond acceptors (Lipinski definition) is 1. The molecule has 2 atom stereocenters. The molecule has 0 saturated heterocycles. The first kappa shape index (κ1) is 12.7. The Morgan fingerprint density at radius 1 is 1.25 bits per heavy atom. The standard InChI is InChI=1S/C15H20O/c1-3-13(2)15(11-7-8-12-16)14-9-5-4-6-10-14/h4-7,9-13,15H,3,8H2,1-2H3/b11-7+. The number of carbonyl (C=O) groups excluding carboxylic acids is 1. The van der Waals surface area contributed by atoms with Gasteiger partial charge in [0.25, 0.3) is 0 Å². The Kier molecular flexibility index (Phi) is 5.55. The van der Waals surface area contributed by atoms with Crippen LogP contribution in [0.2, 0.25) is 0 Å². The fourth-order valence-electron chi connectivity index (χ4n) is 1.84. The van der Waals surface area contributed by atoms with Gasteiger partial charge in [0.15, 0.2) is 0 Å². The van der Waals surface area contributed by atoms with E-state index in [0.29, 0.717) is 18.3 Å². The van der Waals surface area contributed by atoms with E-state index in [-0.39, 0.29) is 0 Å². The summed E-state index contributed by atoms with van der Waals surface area (Å²) in [6.45, 7) is 4.46. The second kappa shape index (κ2) is 7.00. The third-order valence-electron chi connectivity index (χ3n) is 3.02. The van der Waals surface area contributed by atoms with Gasteiger partial charge in [-0.3, -0.25) is 0 Å². The molecule has 2 unspecified atom stereocenters. The highest BCUT2D eigenvalue weighted by Crippen LogP contribution is 2.28. The Balaban J connectivity index is 2.83. The maximum atomic E-state index is 10.3. The molecule has 86 valence electrons. The van der Waals surface area contributed by atoms with Crippen LogP contribution in [-0.2, 0) is 4.79 Å². The number of aldehydes is 1. The maximum Gasteiger partial charge on any atom is 0.123 e. The Labute approximate surface area is 98.2 Å². The van der Waals surface area contributed by atoms with Crippen LogP contribution in [0.5, 0.6) is 0 Å². The van der Waals surface area contributed by atoms with Crippen molar-refractivity contribution in [3.05, 3.63) is 48.0 Å². The zero-order valence-corrected chi connectivity index (χ0v) is 10.1. The molecule has 0 heterocycles. The van der Waals surface area contributed by atoms with E-state index in [9.17, 15) is 4.79 Å². The van der Waals surface area contributed by atoms with Crippen molar-refractivity contribution in [3.63, 3.8) is 0 Å². The molecule has 0 N–H and O–H groups in total. The monoisotopic (exact) mass is 216 g/mol. The van der Waals surface area contributed by atoms with Crippen LogP contribution < -0.4 is 0 Å². The van der Waals surface area contributed by atoms with Gasteiger partial charge in [-0.1, -0.05) is 62.8 Å². The molecular weight excluding hydrogens is 196 g/mol. The Hall–Kier alpha value is -1.37. The molecule has 0 spiro atoms. The van der Waals surface area contributed by atoms with Gasteiger partial charge in [-0.15, -0.1) is 0 Å². The van der Waals surface area contributed by atoms with Crippen molar-refractivity contribution in [2.24, 2.45) is 5.92 Å². The molecule has 1 aromatic rings. The fraction of sp³-hybridized carbons (Fsp3) is 0.400. The first-order valence-electron chi connectivity index (χ1n) is 5.94. The first-order valence-corrected chi connectivity index (χ1v) is 5.94. The minimum atomic E-state index is 0.422. The van der Waals surface area contributed by atoms with Crippen molar-refractivity contribution in [2.75, 3.05) is 0 Å². The Morgan fingerprint density at radius 2 is 1.94 bits per heavy atom. The van der Waals surface area contributed by atoms with E-state index in [0.717, 1.165) is 12.7 Å². The van der Waals surface area contributed by atoms with Gasteiger partial charge in [0.1, 0.15) is 6.29 Å². The summed E-state index contributed by atoms with van der Waals surface area (Å²) >= 11 is 0. The van der Waals surface area contributed by atoms with Gasteiger partial charge in [0.2, 0.25) is 0 Å². The van der Waals surface area contributed by atoms with Crippen LogP contribution in [0.25, 0.3) is 0 Å². The Bertz CT molecular complexity index is 327. The van der Waals surface area contributed by atoms with Crippen LogP contribution in [0.1, 0.15) is 38.2 Å². The quantitative estimate of drug-likeness (QED) is 0.519. The van der Waals surface area contributed by atoms with Crippen molar-refractivity contribution in [3.8, 4) is 0 Å². The fourth-order valence-corrected chi connectivity index (χ4v) is 1.84. The molecule has 1 nitrogen and oxygen atoms in total. The second-order valence-electron chi connectivity index (χ2n) is 4.15. The molecule has 0 aliphatic rings. The summed E-state index contributed by atoms with van der Waals surface area (Å²) in [6, 6.07) is 10.5. The molecule has 0 radical (unpaired) electrons. The van der Waals surface area contributed by atoms with Crippen LogP contribution in [-0.4, -0.2) is 6.29 Å². The van der Waals surface area contributed by atoms with Gasteiger partial charge >= 0.3 is 0 Å².